The van der Waals surface area contributed by atoms with Crippen molar-refractivity contribution in [2.45, 2.75) is 39.3 Å². The van der Waals surface area contributed by atoms with E-state index in [9.17, 15) is 4.79 Å². The Bertz CT molecular complexity index is 432. The van der Waals surface area contributed by atoms with E-state index in [1.165, 1.54) is 0 Å². The van der Waals surface area contributed by atoms with Gasteiger partial charge in [0.2, 0.25) is 0 Å². The predicted octanol–water partition coefficient (Wildman–Crippen LogP) is 1.39. The zero-order chi connectivity index (χ0) is 12.5. The van der Waals surface area contributed by atoms with Gasteiger partial charge in [0, 0.05) is 54.3 Å². The van der Waals surface area contributed by atoms with Gasteiger partial charge in [-0.25, -0.2) is 14.8 Å². The quantitative estimate of drug-likeness (QED) is 0.660. The van der Waals surface area contributed by atoms with Gasteiger partial charge >= 0.3 is 6.09 Å². The molecule has 0 fully saturated rings. The molecule has 1 aliphatic rings. The second-order valence-corrected chi connectivity index (χ2v) is 5.15. The molecule has 93 valence electrons. The maximum Gasteiger partial charge on any atom is 0.410 e. The number of rotatable bonds is 0. The maximum atomic E-state index is 11.9. The fourth-order valence-electron chi connectivity index (χ4n) is 1.75. The minimum atomic E-state index is -0.454. The van der Waals surface area contributed by atoms with E-state index in [0.29, 0.717) is 13.1 Å². The molecule has 2 rings (SSSR count). The van der Waals surface area contributed by atoms with E-state index in [2.05, 4.69) is 9.97 Å². The molecule has 0 N–H and O–H groups in total. The average molecular weight is 258 g/mol. The number of hydrogen-bond donors (Lipinski definition) is 0. The Hall–Kier alpha value is -0.650. The number of nitrogens with zero attached hydrogens (tertiary/aromatic N) is 3. The Balaban J connectivity index is 0.00000162. The van der Waals surface area contributed by atoms with Gasteiger partial charge < -0.3 is 9.64 Å². The molecule has 1 aromatic heterocycles. The van der Waals surface area contributed by atoms with Crippen molar-refractivity contribution in [2.24, 2.45) is 0 Å². The van der Waals surface area contributed by atoms with E-state index < -0.39 is 5.60 Å². The molecule has 0 spiro atoms. The van der Waals surface area contributed by atoms with E-state index in [0.717, 1.165) is 17.7 Å². The van der Waals surface area contributed by atoms with E-state index in [1.54, 1.807) is 17.4 Å². The Kier molecular flexibility index (Phi) is 5.13. The predicted molar refractivity (Wildman–Crippen MR) is 68.1 cm³/mol. The second kappa shape index (κ2) is 5.99. The molecule has 0 aromatic carbocycles. The minimum Gasteiger partial charge on any atom is -0.444 e. The van der Waals surface area contributed by atoms with Gasteiger partial charge in [0.05, 0.1) is 12.2 Å². The Morgan fingerprint density at radius 3 is 2.83 bits per heavy atom. The van der Waals surface area contributed by atoms with Crippen LogP contribution in [0, 0.1) is 0 Å². The van der Waals surface area contributed by atoms with Crippen molar-refractivity contribution in [3.05, 3.63) is 23.8 Å². The van der Waals surface area contributed by atoms with Crippen molar-refractivity contribution in [2.75, 3.05) is 6.54 Å². The van der Waals surface area contributed by atoms with Gasteiger partial charge in [0.1, 0.15) is 11.9 Å². The van der Waals surface area contributed by atoms with Crippen LogP contribution in [0.25, 0.3) is 0 Å². The molecular formula is C12H17N3NaO2. The number of fused-ring (bicyclic) bond motifs is 1. The van der Waals surface area contributed by atoms with Crippen LogP contribution in [0.3, 0.4) is 0 Å². The zero-order valence-electron chi connectivity index (χ0n) is 11.4. The van der Waals surface area contributed by atoms with Crippen LogP contribution in [0.2, 0.25) is 0 Å². The first-order chi connectivity index (χ1) is 7.96. The van der Waals surface area contributed by atoms with Crippen molar-refractivity contribution >= 4 is 35.7 Å². The van der Waals surface area contributed by atoms with Crippen LogP contribution in [0.15, 0.2) is 12.5 Å². The molecule has 2 heterocycles. The van der Waals surface area contributed by atoms with Crippen molar-refractivity contribution in [3.63, 3.8) is 0 Å². The van der Waals surface area contributed by atoms with Gasteiger partial charge in [0.15, 0.2) is 0 Å². The first-order valence-electron chi connectivity index (χ1n) is 5.71. The number of carbonyl (C=O) groups is 1. The molecule has 0 saturated heterocycles. The average Bonchev–Trinajstić information content (AvgIpc) is 2.26. The fraction of sp³-hybridized carbons (Fsp3) is 0.583. The summed E-state index contributed by atoms with van der Waals surface area (Å²) < 4.78 is 5.34. The van der Waals surface area contributed by atoms with Gasteiger partial charge in [-0.05, 0) is 20.8 Å². The third kappa shape index (κ3) is 3.93. The molecule has 1 radical (unpaired) electrons. The molecule has 0 atom stereocenters. The fourth-order valence-corrected chi connectivity index (χ4v) is 1.75. The van der Waals surface area contributed by atoms with Gasteiger partial charge in [-0.2, -0.15) is 0 Å². The van der Waals surface area contributed by atoms with Crippen LogP contribution < -0.4 is 0 Å². The van der Waals surface area contributed by atoms with Crippen LogP contribution in [-0.4, -0.2) is 62.7 Å². The van der Waals surface area contributed by atoms with Crippen LogP contribution in [0.4, 0.5) is 4.79 Å². The van der Waals surface area contributed by atoms with Gasteiger partial charge in [-0.15, -0.1) is 0 Å². The standard InChI is InChI=1S/C12H17N3O2.Na/c1-12(2,3)17-11(16)15-5-4-10-9(7-15)6-13-8-14-10;/h6,8H,4-5,7H2,1-3H3;. The summed E-state index contributed by atoms with van der Waals surface area (Å²) in [6, 6.07) is 0. The molecule has 0 saturated carbocycles. The normalized spacial score (nSPS) is 14.5. The van der Waals surface area contributed by atoms with Crippen molar-refractivity contribution in [1.29, 1.82) is 0 Å². The van der Waals surface area contributed by atoms with E-state index in [4.69, 9.17) is 4.74 Å². The zero-order valence-corrected chi connectivity index (χ0v) is 13.4. The molecule has 1 aliphatic heterocycles. The van der Waals surface area contributed by atoms with Crippen molar-refractivity contribution < 1.29 is 9.53 Å². The van der Waals surface area contributed by atoms with E-state index in [-0.39, 0.29) is 35.7 Å². The summed E-state index contributed by atoms with van der Waals surface area (Å²) in [5.74, 6) is 0. The number of carbonyl (C=O) groups excluding carboxylic acids is 1. The number of amides is 1. The molecule has 5 nitrogen and oxygen atoms in total. The second-order valence-electron chi connectivity index (χ2n) is 5.15. The van der Waals surface area contributed by atoms with E-state index >= 15 is 0 Å². The molecule has 6 heteroatoms. The van der Waals surface area contributed by atoms with Crippen LogP contribution in [-0.2, 0) is 17.7 Å². The minimum absolute atomic E-state index is 0. The van der Waals surface area contributed by atoms with Crippen molar-refractivity contribution in [3.8, 4) is 0 Å². The van der Waals surface area contributed by atoms with Gasteiger partial charge in [-0.3, -0.25) is 0 Å². The Morgan fingerprint density at radius 2 is 2.17 bits per heavy atom. The molecule has 18 heavy (non-hydrogen) atoms. The summed E-state index contributed by atoms with van der Waals surface area (Å²) in [5, 5.41) is 0. The summed E-state index contributed by atoms with van der Waals surface area (Å²) >= 11 is 0. The third-order valence-corrected chi connectivity index (χ3v) is 2.51. The third-order valence-electron chi connectivity index (χ3n) is 2.51. The van der Waals surface area contributed by atoms with Crippen LogP contribution in [0.1, 0.15) is 32.0 Å². The largest absolute Gasteiger partial charge is 0.444 e. The molecule has 1 amide bonds. The SMILES string of the molecule is CC(C)(C)OC(=O)N1CCc2ncncc2C1.[Na]. The Labute approximate surface area is 129 Å². The summed E-state index contributed by atoms with van der Waals surface area (Å²) in [6.07, 6.45) is 3.80. The Morgan fingerprint density at radius 1 is 1.44 bits per heavy atom. The topological polar surface area (TPSA) is 55.3 Å². The summed E-state index contributed by atoms with van der Waals surface area (Å²) in [6.45, 7) is 6.79. The number of hydrogen-bond acceptors (Lipinski definition) is 4. The molecule has 0 unspecified atom stereocenters. The molecule has 0 aliphatic carbocycles. The summed E-state index contributed by atoms with van der Waals surface area (Å²) in [7, 11) is 0. The van der Waals surface area contributed by atoms with Crippen LogP contribution >= 0.6 is 0 Å². The molecule has 0 bridgehead atoms. The maximum absolute atomic E-state index is 11.9. The molecule has 1 aromatic rings. The monoisotopic (exact) mass is 258 g/mol. The number of ether oxygens (including phenoxy) is 1. The van der Waals surface area contributed by atoms with Gasteiger partial charge in [0.25, 0.3) is 0 Å². The van der Waals surface area contributed by atoms with Gasteiger partial charge in [-0.1, -0.05) is 0 Å². The first kappa shape index (κ1) is 15.4. The van der Waals surface area contributed by atoms with Crippen LogP contribution in [0.5, 0.6) is 0 Å². The van der Waals surface area contributed by atoms with E-state index in [1.807, 2.05) is 20.8 Å². The first-order valence-corrected chi connectivity index (χ1v) is 5.71. The summed E-state index contributed by atoms with van der Waals surface area (Å²) in [4.78, 5) is 21.8. The number of aromatic nitrogens is 2. The molecular weight excluding hydrogens is 241 g/mol. The summed E-state index contributed by atoms with van der Waals surface area (Å²) in [5.41, 5.74) is 1.58. The smallest absolute Gasteiger partial charge is 0.410 e. The van der Waals surface area contributed by atoms with Crippen molar-refractivity contribution in [1.82, 2.24) is 14.9 Å².